The first-order chi connectivity index (χ1) is 13.0. The van der Waals surface area contributed by atoms with Crippen molar-refractivity contribution in [2.75, 3.05) is 13.7 Å². The van der Waals surface area contributed by atoms with Gasteiger partial charge in [-0.1, -0.05) is 19.8 Å². The quantitative estimate of drug-likeness (QED) is 0.541. The highest BCUT2D eigenvalue weighted by Crippen LogP contribution is 2.20. The molecule has 6 heteroatoms. The second-order valence-corrected chi connectivity index (χ2v) is 6.65. The average Bonchev–Trinajstić information content (AvgIpc) is 2.97. The summed E-state index contributed by atoms with van der Waals surface area (Å²) in [6.07, 6.45) is 4.19. The molecule has 2 aromatic rings. The zero-order valence-corrected chi connectivity index (χ0v) is 16.7. The van der Waals surface area contributed by atoms with E-state index in [2.05, 4.69) is 17.3 Å². The minimum Gasteiger partial charge on any atom is -0.469 e. The lowest BCUT2D eigenvalue weighted by Gasteiger charge is -2.08. The van der Waals surface area contributed by atoms with Gasteiger partial charge in [-0.3, -0.25) is 9.59 Å². The summed E-state index contributed by atoms with van der Waals surface area (Å²) < 4.78 is 6.57. The van der Waals surface area contributed by atoms with E-state index < -0.39 is 0 Å². The van der Waals surface area contributed by atoms with Gasteiger partial charge in [-0.2, -0.15) is 5.10 Å². The molecule has 0 radical (unpaired) electrons. The summed E-state index contributed by atoms with van der Waals surface area (Å²) in [4.78, 5) is 23.6. The highest BCUT2D eigenvalue weighted by molar-refractivity contribution is 5.94. The maximum Gasteiger partial charge on any atom is 0.305 e. The summed E-state index contributed by atoms with van der Waals surface area (Å²) in [6.45, 7) is 6.77. The van der Waals surface area contributed by atoms with E-state index in [4.69, 9.17) is 4.74 Å². The number of aromatic nitrogens is 2. The van der Waals surface area contributed by atoms with Crippen LogP contribution in [-0.2, 0) is 16.0 Å². The van der Waals surface area contributed by atoms with E-state index in [1.807, 2.05) is 42.8 Å². The SMILES string of the molecule is CCCCCNC(=O)c1ccc(-n2nc(C)c(CCC(=O)OC)c2C)cc1. The molecule has 1 amide bonds. The number of hydrogen-bond donors (Lipinski definition) is 1. The molecule has 0 aliphatic carbocycles. The first-order valence-electron chi connectivity index (χ1n) is 9.48. The van der Waals surface area contributed by atoms with E-state index in [1.165, 1.54) is 7.11 Å². The van der Waals surface area contributed by atoms with Crippen molar-refractivity contribution < 1.29 is 14.3 Å². The number of rotatable bonds is 9. The standard InChI is InChI=1S/C21H29N3O3/c1-5-6-7-14-22-21(26)17-8-10-18(11-9-17)24-16(3)19(15(2)23-24)12-13-20(25)27-4/h8-11H,5-7,12-14H2,1-4H3,(H,22,26). The minimum absolute atomic E-state index is 0.0511. The van der Waals surface area contributed by atoms with Crippen LogP contribution in [0.15, 0.2) is 24.3 Å². The van der Waals surface area contributed by atoms with Crippen molar-refractivity contribution in [3.05, 3.63) is 46.8 Å². The van der Waals surface area contributed by atoms with Gasteiger partial charge >= 0.3 is 5.97 Å². The van der Waals surface area contributed by atoms with Crippen LogP contribution in [0.3, 0.4) is 0 Å². The first-order valence-corrected chi connectivity index (χ1v) is 9.48. The highest BCUT2D eigenvalue weighted by Gasteiger charge is 2.15. The van der Waals surface area contributed by atoms with Gasteiger partial charge in [0.25, 0.3) is 5.91 Å². The van der Waals surface area contributed by atoms with Gasteiger partial charge in [0, 0.05) is 24.2 Å². The van der Waals surface area contributed by atoms with Crippen LogP contribution in [0.4, 0.5) is 0 Å². The molecule has 0 fully saturated rings. The van der Waals surface area contributed by atoms with E-state index in [1.54, 1.807) is 0 Å². The van der Waals surface area contributed by atoms with Crippen LogP contribution in [0.25, 0.3) is 5.69 Å². The third kappa shape index (κ3) is 5.42. The van der Waals surface area contributed by atoms with Gasteiger partial charge in [-0.15, -0.1) is 0 Å². The van der Waals surface area contributed by atoms with E-state index in [-0.39, 0.29) is 11.9 Å². The molecule has 1 aromatic carbocycles. The number of methoxy groups -OCH3 is 1. The Bertz CT molecular complexity index is 779. The van der Waals surface area contributed by atoms with Crippen molar-refractivity contribution in [1.82, 2.24) is 15.1 Å². The zero-order valence-electron chi connectivity index (χ0n) is 16.7. The molecule has 0 bridgehead atoms. The van der Waals surface area contributed by atoms with Crippen LogP contribution < -0.4 is 5.32 Å². The maximum atomic E-state index is 12.2. The van der Waals surface area contributed by atoms with Crippen molar-refractivity contribution in [2.24, 2.45) is 0 Å². The second kappa shape index (κ2) is 9.90. The van der Waals surface area contributed by atoms with Crippen molar-refractivity contribution in [3.63, 3.8) is 0 Å². The van der Waals surface area contributed by atoms with Gasteiger partial charge in [-0.05, 0) is 56.5 Å². The molecule has 0 aliphatic rings. The predicted octanol–water partition coefficient (Wildman–Crippen LogP) is 3.51. The number of aryl methyl sites for hydroxylation is 1. The van der Waals surface area contributed by atoms with E-state index in [0.29, 0.717) is 24.9 Å². The number of ether oxygens (including phenoxy) is 1. The van der Waals surface area contributed by atoms with Gasteiger partial charge in [-0.25, -0.2) is 4.68 Å². The number of esters is 1. The number of nitrogens with one attached hydrogen (secondary N) is 1. The molecule has 1 aromatic heterocycles. The Kier molecular flexibility index (Phi) is 7.58. The highest BCUT2D eigenvalue weighted by atomic mass is 16.5. The Morgan fingerprint density at radius 1 is 1.15 bits per heavy atom. The van der Waals surface area contributed by atoms with Crippen LogP contribution in [0.1, 0.15) is 59.9 Å². The summed E-state index contributed by atoms with van der Waals surface area (Å²) in [5.41, 5.74) is 4.48. The second-order valence-electron chi connectivity index (χ2n) is 6.65. The fraction of sp³-hybridized carbons (Fsp3) is 0.476. The van der Waals surface area contributed by atoms with Gasteiger partial charge < -0.3 is 10.1 Å². The third-order valence-electron chi connectivity index (χ3n) is 4.69. The number of hydrogen-bond acceptors (Lipinski definition) is 4. The maximum absolute atomic E-state index is 12.2. The number of nitrogens with zero attached hydrogens (tertiary/aromatic N) is 2. The Hall–Kier alpha value is -2.63. The molecule has 27 heavy (non-hydrogen) atoms. The molecule has 1 heterocycles. The van der Waals surface area contributed by atoms with Gasteiger partial charge in [0.1, 0.15) is 0 Å². The van der Waals surface area contributed by atoms with Crippen LogP contribution >= 0.6 is 0 Å². The van der Waals surface area contributed by atoms with Crippen LogP contribution in [-0.4, -0.2) is 35.3 Å². The molecule has 6 nitrogen and oxygen atoms in total. The molecular formula is C21H29N3O3. The molecule has 2 rings (SSSR count). The fourth-order valence-corrected chi connectivity index (χ4v) is 3.05. The van der Waals surface area contributed by atoms with Gasteiger partial charge in [0.2, 0.25) is 0 Å². The van der Waals surface area contributed by atoms with Crippen molar-refractivity contribution in [3.8, 4) is 5.69 Å². The number of carbonyl (C=O) groups is 2. The molecule has 0 spiro atoms. The number of benzene rings is 1. The fourth-order valence-electron chi connectivity index (χ4n) is 3.05. The van der Waals surface area contributed by atoms with Crippen LogP contribution in [0.2, 0.25) is 0 Å². The van der Waals surface area contributed by atoms with Crippen molar-refractivity contribution >= 4 is 11.9 Å². The summed E-state index contributed by atoms with van der Waals surface area (Å²) in [6, 6.07) is 7.42. The molecule has 0 aliphatic heterocycles. The first kappa shape index (κ1) is 20.7. The summed E-state index contributed by atoms with van der Waals surface area (Å²) in [7, 11) is 1.40. The molecule has 0 saturated heterocycles. The van der Waals surface area contributed by atoms with Crippen LogP contribution in [0, 0.1) is 13.8 Å². The lowest BCUT2D eigenvalue weighted by molar-refractivity contribution is -0.140. The molecule has 146 valence electrons. The smallest absolute Gasteiger partial charge is 0.305 e. The molecular weight excluding hydrogens is 342 g/mol. The monoisotopic (exact) mass is 371 g/mol. The molecule has 0 unspecified atom stereocenters. The minimum atomic E-state index is -0.226. The van der Waals surface area contributed by atoms with E-state index in [9.17, 15) is 9.59 Å². The van der Waals surface area contributed by atoms with Crippen LogP contribution in [0.5, 0.6) is 0 Å². The Morgan fingerprint density at radius 2 is 1.85 bits per heavy atom. The number of carbonyl (C=O) groups excluding carboxylic acids is 2. The lowest BCUT2D eigenvalue weighted by Crippen LogP contribution is -2.24. The summed E-state index contributed by atoms with van der Waals surface area (Å²) in [5, 5.41) is 7.54. The zero-order chi connectivity index (χ0) is 19.8. The molecule has 1 N–H and O–H groups in total. The topological polar surface area (TPSA) is 73.2 Å². The predicted molar refractivity (Wildman–Crippen MR) is 105 cm³/mol. The molecule has 0 atom stereocenters. The third-order valence-corrected chi connectivity index (χ3v) is 4.69. The normalized spacial score (nSPS) is 10.7. The largest absolute Gasteiger partial charge is 0.469 e. The van der Waals surface area contributed by atoms with Gasteiger partial charge in [0.05, 0.1) is 18.5 Å². The van der Waals surface area contributed by atoms with Crippen molar-refractivity contribution in [2.45, 2.75) is 52.9 Å². The number of unbranched alkanes of at least 4 members (excludes halogenated alkanes) is 2. The van der Waals surface area contributed by atoms with Gasteiger partial charge in [0.15, 0.2) is 0 Å². The Balaban J connectivity index is 2.08. The average molecular weight is 371 g/mol. The lowest BCUT2D eigenvalue weighted by atomic mass is 10.1. The van der Waals surface area contributed by atoms with E-state index in [0.717, 1.165) is 41.9 Å². The van der Waals surface area contributed by atoms with Crippen molar-refractivity contribution in [1.29, 1.82) is 0 Å². The summed E-state index contributed by atoms with van der Waals surface area (Å²) in [5.74, 6) is -0.277. The summed E-state index contributed by atoms with van der Waals surface area (Å²) >= 11 is 0. The van der Waals surface area contributed by atoms with E-state index >= 15 is 0 Å². The number of amides is 1. The Morgan fingerprint density at radius 3 is 2.48 bits per heavy atom. The Labute approximate surface area is 160 Å². The molecule has 0 saturated carbocycles.